The van der Waals surface area contributed by atoms with Crippen molar-refractivity contribution in [2.24, 2.45) is 0 Å². The van der Waals surface area contributed by atoms with Gasteiger partial charge in [-0.1, -0.05) is 12.1 Å². The number of nitrogens with zero attached hydrogens (tertiary/aromatic N) is 5. The Morgan fingerprint density at radius 2 is 1.76 bits per heavy atom. The third-order valence-electron chi connectivity index (χ3n) is 6.88. The molecule has 12 nitrogen and oxygen atoms in total. The SMILES string of the molecule is CC(C)(C)OC(=O)N1CCN(c2ccncc2NC(=O)c2cccc(N3Cc4ccc(S(C)(=O)=O)cc4C3=O)n2)CC1. The first-order valence-corrected chi connectivity index (χ1v) is 15.3. The molecule has 0 atom stereocenters. The van der Waals surface area contributed by atoms with E-state index in [0.717, 1.165) is 11.9 Å². The Morgan fingerprint density at radius 3 is 2.45 bits per heavy atom. The highest BCUT2D eigenvalue weighted by Crippen LogP contribution is 2.30. The van der Waals surface area contributed by atoms with E-state index in [4.69, 9.17) is 4.74 Å². The van der Waals surface area contributed by atoms with Crippen LogP contribution >= 0.6 is 0 Å². The third kappa shape index (κ3) is 6.20. The molecule has 2 aliphatic rings. The summed E-state index contributed by atoms with van der Waals surface area (Å²) < 4.78 is 29.4. The van der Waals surface area contributed by atoms with Crippen molar-refractivity contribution in [3.05, 3.63) is 71.7 Å². The summed E-state index contributed by atoms with van der Waals surface area (Å²) in [6, 6.07) is 11.1. The minimum absolute atomic E-state index is 0.0658. The van der Waals surface area contributed by atoms with Gasteiger partial charge in [0.05, 0.1) is 29.0 Å². The zero-order chi connectivity index (χ0) is 30.2. The summed E-state index contributed by atoms with van der Waals surface area (Å²) in [6.45, 7) is 7.70. The van der Waals surface area contributed by atoms with Crippen molar-refractivity contribution < 1.29 is 27.5 Å². The lowest BCUT2D eigenvalue weighted by atomic mass is 10.1. The average Bonchev–Trinajstić information content (AvgIpc) is 3.28. The molecule has 1 saturated heterocycles. The minimum Gasteiger partial charge on any atom is -0.444 e. The summed E-state index contributed by atoms with van der Waals surface area (Å²) >= 11 is 0. The number of piperazine rings is 1. The Hall–Kier alpha value is -4.52. The number of amides is 3. The molecule has 4 heterocycles. The molecule has 0 unspecified atom stereocenters. The van der Waals surface area contributed by atoms with E-state index >= 15 is 0 Å². The summed E-state index contributed by atoms with van der Waals surface area (Å²) in [4.78, 5) is 52.7. The lowest BCUT2D eigenvalue weighted by Crippen LogP contribution is -2.50. The highest BCUT2D eigenvalue weighted by Gasteiger charge is 2.31. The van der Waals surface area contributed by atoms with Gasteiger partial charge < -0.3 is 19.9 Å². The van der Waals surface area contributed by atoms with E-state index in [-0.39, 0.29) is 35.0 Å². The molecule has 3 aromatic rings. The molecular weight excluding hydrogens is 560 g/mol. The summed E-state index contributed by atoms with van der Waals surface area (Å²) in [7, 11) is -3.47. The van der Waals surface area contributed by atoms with Crippen LogP contribution in [0.4, 0.5) is 22.0 Å². The quantitative estimate of drug-likeness (QED) is 0.472. The van der Waals surface area contributed by atoms with E-state index in [1.807, 2.05) is 20.8 Å². The van der Waals surface area contributed by atoms with Crippen molar-refractivity contribution in [2.45, 2.75) is 37.8 Å². The van der Waals surface area contributed by atoms with Crippen LogP contribution in [0.5, 0.6) is 0 Å². The Bertz CT molecular complexity index is 1660. The molecule has 1 N–H and O–H groups in total. The Balaban J connectivity index is 1.28. The molecule has 0 aliphatic carbocycles. The first-order valence-electron chi connectivity index (χ1n) is 13.4. The van der Waals surface area contributed by atoms with Crippen LogP contribution in [0.1, 0.15) is 47.2 Å². The van der Waals surface area contributed by atoms with Crippen LogP contribution in [0.3, 0.4) is 0 Å². The molecule has 0 radical (unpaired) electrons. The van der Waals surface area contributed by atoms with Gasteiger partial charge in [0.25, 0.3) is 11.8 Å². The first kappa shape index (κ1) is 29.0. The predicted molar refractivity (Wildman–Crippen MR) is 157 cm³/mol. The zero-order valence-electron chi connectivity index (χ0n) is 23.8. The largest absolute Gasteiger partial charge is 0.444 e. The molecule has 0 saturated carbocycles. The Morgan fingerprint density at radius 1 is 1.02 bits per heavy atom. The smallest absolute Gasteiger partial charge is 0.410 e. The van der Waals surface area contributed by atoms with E-state index in [2.05, 4.69) is 20.2 Å². The van der Waals surface area contributed by atoms with Crippen LogP contribution < -0.4 is 15.1 Å². The van der Waals surface area contributed by atoms with Gasteiger partial charge in [-0.15, -0.1) is 0 Å². The predicted octanol–water partition coefficient (Wildman–Crippen LogP) is 3.35. The molecule has 13 heteroatoms. The fourth-order valence-corrected chi connectivity index (χ4v) is 5.44. The van der Waals surface area contributed by atoms with Gasteiger partial charge in [-0.2, -0.15) is 0 Å². The number of fused-ring (bicyclic) bond motifs is 1. The van der Waals surface area contributed by atoms with E-state index < -0.39 is 21.3 Å². The maximum atomic E-state index is 13.3. The molecule has 1 aromatic carbocycles. The molecule has 1 fully saturated rings. The molecule has 2 aromatic heterocycles. The van der Waals surface area contributed by atoms with Gasteiger partial charge in [0.15, 0.2) is 9.84 Å². The number of aromatic nitrogens is 2. The number of carbonyl (C=O) groups excluding carboxylic acids is 3. The summed E-state index contributed by atoms with van der Waals surface area (Å²) in [5.74, 6) is -0.600. The van der Waals surface area contributed by atoms with E-state index in [1.165, 1.54) is 17.0 Å². The number of anilines is 3. The molecular formula is C29H32N6O6S. The lowest BCUT2D eigenvalue weighted by molar-refractivity contribution is 0.0240. The molecule has 0 spiro atoms. The van der Waals surface area contributed by atoms with Crippen LogP contribution in [-0.2, 0) is 21.1 Å². The van der Waals surface area contributed by atoms with Crippen molar-refractivity contribution in [1.29, 1.82) is 0 Å². The number of pyridine rings is 2. The normalized spacial score (nSPS) is 15.4. The molecule has 42 heavy (non-hydrogen) atoms. The fourth-order valence-electron chi connectivity index (χ4n) is 4.80. The molecule has 2 aliphatic heterocycles. The van der Waals surface area contributed by atoms with Gasteiger partial charge in [0, 0.05) is 44.2 Å². The second kappa shape index (κ2) is 11.0. The monoisotopic (exact) mass is 592 g/mol. The van der Waals surface area contributed by atoms with Crippen molar-refractivity contribution in [3.63, 3.8) is 0 Å². The van der Waals surface area contributed by atoms with Crippen LogP contribution in [0.15, 0.2) is 59.8 Å². The topological polar surface area (TPSA) is 142 Å². The first-order chi connectivity index (χ1) is 19.8. The van der Waals surface area contributed by atoms with E-state index in [1.54, 1.807) is 47.6 Å². The van der Waals surface area contributed by atoms with Crippen molar-refractivity contribution in [1.82, 2.24) is 14.9 Å². The van der Waals surface area contributed by atoms with Gasteiger partial charge in [-0.3, -0.25) is 19.5 Å². The Kier molecular flexibility index (Phi) is 7.62. The van der Waals surface area contributed by atoms with Crippen molar-refractivity contribution >= 4 is 44.9 Å². The maximum absolute atomic E-state index is 13.3. The number of hydrogen-bond acceptors (Lipinski definition) is 9. The maximum Gasteiger partial charge on any atom is 0.410 e. The fraction of sp³-hybridized carbons (Fsp3) is 0.345. The van der Waals surface area contributed by atoms with Crippen molar-refractivity contribution in [3.8, 4) is 0 Å². The molecule has 3 amide bonds. The number of rotatable bonds is 5. The second-order valence-electron chi connectivity index (χ2n) is 11.2. The van der Waals surface area contributed by atoms with Gasteiger partial charge in [-0.05, 0) is 56.7 Å². The van der Waals surface area contributed by atoms with Crippen LogP contribution in [0.2, 0.25) is 0 Å². The molecule has 0 bridgehead atoms. The molecule has 5 rings (SSSR count). The Labute approximate surface area is 244 Å². The third-order valence-corrected chi connectivity index (χ3v) is 7.99. The van der Waals surface area contributed by atoms with Crippen molar-refractivity contribution in [2.75, 3.05) is 47.6 Å². The number of carbonyl (C=O) groups is 3. The van der Waals surface area contributed by atoms with Crippen LogP contribution in [-0.4, -0.2) is 79.2 Å². The van der Waals surface area contributed by atoms with Gasteiger partial charge in [-0.25, -0.2) is 18.2 Å². The highest BCUT2D eigenvalue weighted by molar-refractivity contribution is 7.90. The van der Waals surface area contributed by atoms with Crippen LogP contribution in [0, 0.1) is 0 Å². The summed E-state index contributed by atoms with van der Waals surface area (Å²) in [6.07, 6.45) is 3.92. The van der Waals surface area contributed by atoms with Gasteiger partial charge in [0.1, 0.15) is 17.1 Å². The number of benzene rings is 1. The molecule has 220 valence electrons. The highest BCUT2D eigenvalue weighted by atomic mass is 32.2. The van der Waals surface area contributed by atoms with Gasteiger partial charge in [0.2, 0.25) is 0 Å². The van der Waals surface area contributed by atoms with E-state index in [9.17, 15) is 22.8 Å². The number of ether oxygens (including phenoxy) is 1. The van der Waals surface area contributed by atoms with E-state index in [0.29, 0.717) is 43.0 Å². The average molecular weight is 593 g/mol. The second-order valence-corrected chi connectivity index (χ2v) is 13.2. The standard InChI is InChI=1S/C29H32N6O6S/c1-29(2,3)41-28(38)34-14-12-33(13-15-34)24-10-11-30-17-23(24)32-26(36)22-6-5-7-25(31-22)35-18-19-8-9-20(42(4,39)40)16-21(19)27(35)37/h5-11,16-17H,12-15,18H2,1-4H3,(H,32,36). The number of nitrogens with one attached hydrogen (secondary N) is 1. The zero-order valence-corrected chi connectivity index (χ0v) is 24.6. The number of hydrogen-bond donors (Lipinski definition) is 1. The minimum atomic E-state index is -3.47. The number of sulfone groups is 1. The lowest BCUT2D eigenvalue weighted by Gasteiger charge is -2.37. The van der Waals surface area contributed by atoms with Gasteiger partial charge >= 0.3 is 6.09 Å². The van der Waals surface area contributed by atoms with Crippen LogP contribution in [0.25, 0.3) is 0 Å². The summed E-state index contributed by atoms with van der Waals surface area (Å²) in [5, 5.41) is 2.88. The summed E-state index contributed by atoms with van der Waals surface area (Å²) in [5.41, 5.74) is 1.73.